The van der Waals surface area contributed by atoms with Crippen molar-refractivity contribution in [3.63, 3.8) is 0 Å². The van der Waals surface area contributed by atoms with Crippen LogP contribution in [0.1, 0.15) is 91.5 Å². The fraction of sp³-hybridized carbons (Fsp3) is 0.500. The van der Waals surface area contributed by atoms with E-state index in [0.717, 1.165) is 6.16 Å². The van der Waals surface area contributed by atoms with Crippen molar-refractivity contribution in [3.8, 4) is 0 Å². The molecule has 0 amide bonds. The summed E-state index contributed by atoms with van der Waals surface area (Å²) in [6.07, 6.45) is 0.984. The molecule has 0 spiro atoms. The Morgan fingerprint density at radius 1 is 0.688 bits per heavy atom. The first-order chi connectivity index (χ1) is 14.7. The van der Waals surface area contributed by atoms with Gasteiger partial charge in [-0.25, -0.2) is 0 Å². The van der Waals surface area contributed by atoms with Crippen molar-refractivity contribution in [1.82, 2.24) is 0 Å². The van der Waals surface area contributed by atoms with E-state index in [1.165, 1.54) is 46.9 Å². The van der Waals surface area contributed by atoms with Crippen LogP contribution in [0.2, 0.25) is 0 Å². The van der Waals surface area contributed by atoms with Crippen LogP contribution in [-0.4, -0.2) is 16.6 Å². The Labute approximate surface area is 201 Å². The van der Waals surface area contributed by atoms with Gasteiger partial charge in [-0.3, -0.25) is 0 Å². The predicted molar refractivity (Wildman–Crippen MR) is 150 cm³/mol. The Hall–Kier alpha value is -1.22. The van der Waals surface area contributed by atoms with Crippen LogP contribution in [0.4, 0.5) is 0 Å². The van der Waals surface area contributed by atoms with Gasteiger partial charge < -0.3 is 0 Å². The van der Waals surface area contributed by atoms with Gasteiger partial charge in [0.05, 0.1) is 0 Å². The molecule has 2 aromatic carbocycles. The molecule has 1 aliphatic rings. The van der Waals surface area contributed by atoms with E-state index in [1.807, 2.05) is 0 Å². The third-order valence-corrected chi connectivity index (χ3v) is 10.3. The molecule has 32 heavy (non-hydrogen) atoms. The van der Waals surface area contributed by atoms with Crippen LogP contribution in [-0.2, 0) is 16.2 Å². The highest BCUT2D eigenvalue weighted by Gasteiger charge is 2.52. The first-order valence-corrected chi connectivity index (χ1v) is 13.6. The van der Waals surface area contributed by atoms with Gasteiger partial charge in [0, 0.05) is 10.6 Å². The summed E-state index contributed by atoms with van der Waals surface area (Å²) in [7, 11) is 4.54. The van der Waals surface area contributed by atoms with Gasteiger partial charge >= 0.3 is 0 Å². The lowest BCUT2D eigenvalue weighted by molar-refractivity contribution is 0.471. The first kappa shape index (κ1) is 25.4. The highest BCUT2D eigenvalue weighted by atomic mass is 31.1. The SMILES string of the molecule is CC1=PC(C)(C(CP)(c2ccc(C(C)(C)C)cc2)c2ccc(C(C)(C)C)cc2)C(C)=C1C. The van der Waals surface area contributed by atoms with Crippen molar-refractivity contribution in [1.29, 1.82) is 0 Å². The van der Waals surface area contributed by atoms with Gasteiger partial charge in [0.15, 0.2) is 0 Å². The summed E-state index contributed by atoms with van der Waals surface area (Å²) in [5, 5.41) is 1.51. The minimum absolute atomic E-state index is 0.00934. The van der Waals surface area contributed by atoms with E-state index in [-0.39, 0.29) is 21.4 Å². The lowest BCUT2D eigenvalue weighted by atomic mass is 9.63. The first-order valence-electron chi connectivity index (χ1n) is 11.9. The van der Waals surface area contributed by atoms with Crippen LogP contribution in [0.15, 0.2) is 59.7 Å². The highest BCUT2D eigenvalue weighted by molar-refractivity contribution is 7.44. The molecular weight excluding hydrogens is 422 g/mol. The van der Waals surface area contributed by atoms with E-state index in [0.29, 0.717) is 0 Å². The lowest BCUT2D eigenvalue weighted by Crippen LogP contribution is -2.48. The Kier molecular flexibility index (Phi) is 6.77. The molecule has 0 N–H and O–H groups in total. The molecule has 172 valence electrons. The number of hydrogen-bond donors (Lipinski definition) is 0. The summed E-state index contributed by atoms with van der Waals surface area (Å²) >= 11 is 0. The maximum Gasteiger partial charge on any atom is 0.0448 e. The Morgan fingerprint density at radius 2 is 1.03 bits per heavy atom. The Morgan fingerprint density at radius 3 is 1.28 bits per heavy atom. The summed E-state index contributed by atoms with van der Waals surface area (Å²) in [4.78, 5) is 0. The van der Waals surface area contributed by atoms with Gasteiger partial charge in [-0.2, -0.15) is 0 Å². The van der Waals surface area contributed by atoms with Crippen LogP contribution < -0.4 is 0 Å². The molecule has 1 aliphatic heterocycles. The smallest absolute Gasteiger partial charge is 0.0448 e. The average Bonchev–Trinajstić information content (AvgIpc) is 2.92. The second kappa shape index (κ2) is 8.53. The molecule has 2 atom stereocenters. The number of hydrogen-bond acceptors (Lipinski definition) is 0. The molecule has 0 aliphatic carbocycles. The molecular formula is C30H42P2. The lowest BCUT2D eigenvalue weighted by Gasteiger charge is -2.47. The molecule has 2 heteroatoms. The maximum atomic E-state index is 3.12. The zero-order chi connectivity index (χ0) is 24.1. The van der Waals surface area contributed by atoms with Gasteiger partial charge in [0.1, 0.15) is 0 Å². The second-order valence-electron chi connectivity index (χ2n) is 11.8. The van der Waals surface area contributed by atoms with Crippen LogP contribution in [0.5, 0.6) is 0 Å². The topological polar surface area (TPSA) is 0 Å². The third kappa shape index (κ3) is 4.08. The quantitative estimate of drug-likeness (QED) is 0.397. The molecule has 2 aromatic rings. The summed E-state index contributed by atoms with van der Waals surface area (Å²) in [6.45, 7) is 23.2. The molecule has 0 aromatic heterocycles. The molecule has 0 radical (unpaired) electrons. The predicted octanol–water partition coefficient (Wildman–Crippen LogP) is 8.69. The average molecular weight is 465 g/mol. The van der Waals surface area contributed by atoms with Crippen LogP contribution >= 0.6 is 17.4 Å². The highest BCUT2D eigenvalue weighted by Crippen LogP contribution is 2.57. The standard InChI is InChI=1S/C30H42P2/c1-20-21(2)29(10,32-22(20)3)30(19-31,25-15-11-23(12-16-25)27(4,5)6)26-17-13-24(14-18-26)28(7,8)9/h11-18H,19,31H2,1-10H3. The molecule has 0 saturated carbocycles. The second-order valence-corrected chi connectivity index (χ2v) is 14.0. The summed E-state index contributed by atoms with van der Waals surface area (Å²) < 4.78 is 0. The van der Waals surface area contributed by atoms with Gasteiger partial charge in [-0.15, -0.1) is 9.24 Å². The number of allylic oxidation sites excluding steroid dienone is 2. The summed E-state index contributed by atoms with van der Waals surface area (Å²) in [5.41, 5.74) is 8.82. The zero-order valence-electron chi connectivity index (χ0n) is 21.9. The monoisotopic (exact) mass is 464 g/mol. The van der Waals surface area contributed by atoms with E-state index in [9.17, 15) is 0 Å². The van der Waals surface area contributed by atoms with E-state index in [2.05, 4.69) is 127 Å². The van der Waals surface area contributed by atoms with Crippen molar-refractivity contribution in [2.45, 2.75) is 90.6 Å². The van der Waals surface area contributed by atoms with E-state index in [1.54, 1.807) is 0 Å². The van der Waals surface area contributed by atoms with Crippen LogP contribution in [0, 0.1) is 0 Å². The molecule has 1 heterocycles. The largest absolute Gasteiger partial charge is 0.136 e. The molecule has 3 rings (SSSR count). The van der Waals surface area contributed by atoms with E-state index in [4.69, 9.17) is 0 Å². The normalized spacial score (nSPS) is 20.5. The van der Waals surface area contributed by atoms with Crippen LogP contribution in [0.25, 0.3) is 0 Å². The molecule has 0 nitrogen and oxygen atoms in total. The van der Waals surface area contributed by atoms with Crippen molar-refractivity contribution in [3.05, 3.63) is 81.9 Å². The van der Waals surface area contributed by atoms with Gasteiger partial charge in [0.25, 0.3) is 0 Å². The molecule has 0 bridgehead atoms. The molecule has 0 saturated heterocycles. The van der Waals surface area contributed by atoms with Crippen molar-refractivity contribution in [2.75, 3.05) is 6.16 Å². The number of rotatable bonds is 4. The maximum absolute atomic E-state index is 3.12. The van der Waals surface area contributed by atoms with Crippen molar-refractivity contribution < 1.29 is 0 Å². The van der Waals surface area contributed by atoms with E-state index < -0.39 is 0 Å². The molecule has 0 fully saturated rings. The Bertz CT molecular complexity index is 980. The zero-order valence-corrected chi connectivity index (χ0v) is 23.9. The number of benzene rings is 2. The van der Waals surface area contributed by atoms with Crippen molar-refractivity contribution >= 4 is 22.7 Å². The summed E-state index contributed by atoms with van der Waals surface area (Å²) in [6, 6.07) is 19.0. The minimum Gasteiger partial charge on any atom is -0.136 e. The fourth-order valence-electron chi connectivity index (χ4n) is 5.23. The molecule has 2 unspecified atom stereocenters. The summed E-state index contributed by atoms with van der Waals surface area (Å²) in [5.74, 6) is 0. The van der Waals surface area contributed by atoms with Gasteiger partial charge in [-0.05, 0) is 77.8 Å². The van der Waals surface area contributed by atoms with Gasteiger partial charge in [0.2, 0.25) is 0 Å². The van der Waals surface area contributed by atoms with Crippen molar-refractivity contribution in [2.24, 2.45) is 0 Å². The van der Waals surface area contributed by atoms with Gasteiger partial charge in [-0.1, -0.05) is 104 Å². The minimum atomic E-state index is -0.116. The third-order valence-electron chi connectivity index (χ3n) is 7.85. The van der Waals surface area contributed by atoms with E-state index >= 15 is 0 Å². The van der Waals surface area contributed by atoms with Crippen LogP contribution in [0.3, 0.4) is 0 Å². The fourth-order valence-corrected chi connectivity index (χ4v) is 8.16. The Balaban J connectivity index is 2.31.